The van der Waals surface area contributed by atoms with E-state index in [1.165, 1.54) is 48.4 Å². The molecule has 121 valence electrons. The molecule has 1 unspecified atom stereocenters. The summed E-state index contributed by atoms with van der Waals surface area (Å²) in [6.07, 6.45) is 10.6. The van der Waals surface area contributed by atoms with Crippen molar-refractivity contribution in [2.75, 3.05) is 0 Å². The molecule has 1 fully saturated rings. The van der Waals surface area contributed by atoms with Gasteiger partial charge in [0.1, 0.15) is 0 Å². The second kappa shape index (κ2) is 11.9. The molecule has 0 nitrogen and oxygen atoms in total. The van der Waals surface area contributed by atoms with E-state index in [-0.39, 0.29) is 59.2 Å². The van der Waals surface area contributed by atoms with Crippen LogP contribution in [-0.2, 0) is 59.2 Å². The molecule has 23 heavy (non-hydrogen) atoms. The van der Waals surface area contributed by atoms with E-state index in [9.17, 15) is 0 Å². The first-order chi connectivity index (χ1) is 10.1. The molecule has 1 aliphatic rings. The normalized spacial score (nSPS) is 16.1. The molecule has 0 aromatic heterocycles. The minimum Gasteiger partial charge on any atom is -0.333 e. The van der Waals surface area contributed by atoms with Crippen molar-refractivity contribution < 1.29 is 53.8 Å². The first kappa shape index (κ1) is 23.5. The van der Waals surface area contributed by atoms with E-state index in [4.69, 9.17) is 0 Å². The van der Waals surface area contributed by atoms with Crippen LogP contribution in [0.1, 0.15) is 57.9 Å². The summed E-state index contributed by atoms with van der Waals surface area (Å²) in [5.74, 6) is 0. The van der Waals surface area contributed by atoms with E-state index in [1.54, 1.807) is 0 Å². The Morgan fingerprint density at radius 1 is 1.13 bits per heavy atom. The Morgan fingerprint density at radius 2 is 1.83 bits per heavy atom. The van der Waals surface area contributed by atoms with Gasteiger partial charge in [0.15, 0.2) is 0 Å². The van der Waals surface area contributed by atoms with E-state index in [1.807, 2.05) is 12.1 Å². The Labute approximate surface area is 182 Å². The average Bonchev–Trinajstić information content (AvgIpc) is 2.56. The first-order valence-corrected chi connectivity index (χ1v) is 8.21. The van der Waals surface area contributed by atoms with Gasteiger partial charge in [-0.2, -0.15) is 37.1 Å². The van der Waals surface area contributed by atoms with Gasteiger partial charge in [-0.15, -0.1) is 22.3 Å². The molecule has 0 spiro atoms. The Kier molecular flexibility index (Phi) is 12.2. The number of fused-ring (bicyclic) bond motifs is 1. The van der Waals surface area contributed by atoms with Crippen LogP contribution in [0.4, 0.5) is 0 Å². The Balaban J connectivity index is 0.000000518. The Bertz CT molecular complexity index is 547. The molecule has 0 saturated heterocycles. The summed E-state index contributed by atoms with van der Waals surface area (Å²) >= 11 is 0. The summed E-state index contributed by atoms with van der Waals surface area (Å²) in [5, 5.41) is 2.52. The molecule has 0 aliphatic heterocycles. The van der Waals surface area contributed by atoms with Crippen molar-refractivity contribution in [3.63, 3.8) is 0 Å². The fraction of sp³-hybridized carbons (Fsp3) is 0.429. The first-order valence-electron chi connectivity index (χ1n) is 8.21. The molecule has 3 rings (SSSR count). The van der Waals surface area contributed by atoms with Gasteiger partial charge in [0, 0.05) is 32.7 Å². The molecule has 2 aromatic carbocycles. The summed E-state index contributed by atoms with van der Waals surface area (Å²) in [4.78, 5) is 0. The predicted molar refractivity (Wildman–Crippen MR) is 93.2 cm³/mol. The average molecular weight is 552 g/mol. The molecule has 1 atom stereocenters. The van der Waals surface area contributed by atoms with E-state index in [0.29, 0.717) is 0 Å². The zero-order valence-corrected chi connectivity index (χ0v) is 20.2. The van der Waals surface area contributed by atoms with Crippen LogP contribution < -0.4 is 0 Å². The van der Waals surface area contributed by atoms with Gasteiger partial charge >= 0.3 is 21.1 Å². The van der Waals surface area contributed by atoms with E-state index in [2.05, 4.69) is 57.5 Å². The largest absolute Gasteiger partial charge is 2.00 e. The molecule has 0 amide bonds. The van der Waals surface area contributed by atoms with Crippen molar-refractivity contribution in [1.29, 1.82) is 0 Å². The molecule has 1 aliphatic carbocycles. The molecular weight excluding hydrogens is 525 g/mol. The molecule has 2 aromatic rings. The van der Waals surface area contributed by atoms with Gasteiger partial charge in [0.05, 0.1) is 0 Å². The maximum absolute atomic E-state index is 4.26. The molecule has 2 heteroatoms. The number of hydrogen-bond donors (Lipinski definition) is 0. The third kappa shape index (κ3) is 7.50. The van der Waals surface area contributed by atoms with E-state index in [0.717, 1.165) is 6.42 Å². The Hall–Kier alpha value is 0.492. The van der Waals surface area contributed by atoms with Crippen molar-refractivity contribution in [3.05, 3.63) is 61.4 Å². The zero-order chi connectivity index (χ0) is 15.1. The van der Waals surface area contributed by atoms with E-state index < -0.39 is 0 Å². The Morgan fingerprint density at radius 3 is 2.35 bits per heavy atom. The van der Waals surface area contributed by atoms with Crippen LogP contribution in [0.3, 0.4) is 0 Å². The second-order valence-electron chi connectivity index (χ2n) is 6.33. The van der Waals surface area contributed by atoms with Crippen LogP contribution >= 0.6 is 0 Å². The topological polar surface area (TPSA) is 0 Å². The van der Waals surface area contributed by atoms with Crippen molar-refractivity contribution in [2.24, 2.45) is 0 Å². The molecule has 0 N–H and O–H groups in total. The fourth-order valence-electron chi connectivity index (χ4n) is 2.60. The maximum Gasteiger partial charge on any atom is 2.00 e. The minimum absolute atomic E-state index is 0. The van der Waals surface area contributed by atoms with Crippen molar-refractivity contribution in [2.45, 2.75) is 57.8 Å². The van der Waals surface area contributed by atoms with Gasteiger partial charge in [0.25, 0.3) is 0 Å². The monoisotopic (exact) mass is 552 g/mol. The van der Waals surface area contributed by atoms with Gasteiger partial charge in [-0.3, -0.25) is 0 Å². The third-order valence-corrected chi connectivity index (χ3v) is 4.48. The van der Waals surface area contributed by atoms with Gasteiger partial charge in [-0.25, -0.2) is 0 Å². The van der Waals surface area contributed by atoms with Crippen LogP contribution in [0, 0.1) is 19.4 Å². The predicted octanol–water partition coefficient (Wildman–Crippen LogP) is 6.29. The maximum atomic E-state index is 4.26. The van der Waals surface area contributed by atoms with E-state index >= 15 is 0 Å². The van der Waals surface area contributed by atoms with Crippen LogP contribution in [0.2, 0.25) is 0 Å². The van der Waals surface area contributed by atoms with Crippen LogP contribution in [0.15, 0.2) is 36.4 Å². The molecular formula is C21H27WY-. The van der Waals surface area contributed by atoms with Crippen LogP contribution in [-0.4, -0.2) is 0 Å². The van der Waals surface area contributed by atoms with Crippen molar-refractivity contribution in [1.82, 2.24) is 0 Å². The minimum atomic E-state index is 0. The standard InChI is InChI=1S/C15H16.C6H11.W.Y/c1-4-15(2,3)14-10-9-12-7-5-6-8-13(12)11-14;1-2-4-6-5-3-1;;/h6-11H,2,4H2,1,3H3;1H,2-6H2;;/q-2;-1;+2;. The summed E-state index contributed by atoms with van der Waals surface area (Å²) in [7, 11) is 0. The van der Waals surface area contributed by atoms with Crippen LogP contribution in [0.25, 0.3) is 10.8 Å². The summed E-state index contributed by atoms with van der Waals surface area (Å²) in [6.45, 7) is 8.62. The smallest absolute Gasteiger partial charge is 0.333 e. The van der Waals surface area contributed by atoms with Crippen LogP contribution in [0.5, 0.6) is 0 Å². The van der Waals surface area contributed by atoms with Gasteiger partial charge < -0.3 is 13.3 Å². The number of rotatable bonds is 2. The SMILES string of the molecule is [CH-]1CCCCC1.[CH2-]C(C)(CC)c1ccc2c[c-]ccc2c1.[W+2].[Y]. The summed E-state index contributed by atoms with van der Waals surface area (Å²) < 4.78 is 0. The van der Waals surface area contributed by atoms with Gasteiger partial charge in [-0.05, 0) is 0 Å². The number of hydrogen-bond acceptors (Lipinski definition) is 0. The van der Waals surface area contributed by atoms with Crippen molar-refractivity contribution in [3.8, 4) is 0 Å². The summed E-state index contributed by atoms with van der Waals surface area (Å²) in [6, 6.07) is 15.7. The fourth-order valence-corrected chi connectivity index (χ4v) is 2.60. The molecule has 1 radical (unpaired) electrons. The van der Waals surface area contributed by atoms with Gasteiger partial charge in [0.2, 0.25) is 0 Å². The second-order valence-corrected chi connectivity index (χ2v) is 6.33. The molecule has 0 heterocycles. The quantitative estimate of drug-likeness (QED) is 0.385. The molecule has 0 bridgehead atoms. The number of benzene rings is 2. The van der Waals surface area contributed by atoms with Crippen molar-refractivity contribution >= 4 is 10.8 Å². The molecule has 1 saturated carbocycles. The zero-order valence-electron chi connectivity index (χ0n) is 14.5. The third-order valence-electron chi connectivity index (χ3n) is 4.48. The van der Waals surface area contributed by atoms with Gasteiger partial charge in [-0.1, -0.05) is 57.2 Å². The summed E-state index contributed by atoms with van der Waals surface area (Å²) in [5.41, 5.74) is 1.33.